The molecule has 0 saturated heterocycles. The van der Waals surface area contributed by atoms with Gasteiger partial charge in [0, 0.05) is 37.4 Å². The van der Waals surface area contributed by atoms with Crippen molar-refractivity contribution in [3.63, 3.8) is 0 Å². The molecule has 256 valence electrons. The van der Waals surface area contributed by atoms with Gasteiger partial charge in [0.05, 0.1) is 81.9 Å². The molecule has 50 heavy (non-hydrogen) atoms. The van der Waals surface area contributed by atoms with Crippen molar-refractivity contribution >= 4 is 80.5 Å². The van der Waals surface area contributed by atoms with Crippen molar-refractivity contribution in [3.8, 4) is 11.5 Å². The minimum absolute atomic E-state index is 0.158. The number of ketones is 2. The summed E-state index contributed by atoms with van der Waals surface area (Å²) in [5.41, 5.74) is 21.2. The molecular formula is C36H36N8O6. The Morgan fingerprint density at radius 3 is 1.70 bits per heavy atom. The van der Waals surface area contributed by atoms with Gasteiger partial charge < -0.3 is 41.5 Å². The van der Waals surface area contributed by atoms with Crippen molar-refractivity contribution in [2.75, 3.05) is 36.3 Å². The fourth-order valence-electron chi connectivity index (χ4n) is 5.19. The van der Waals surface area contributed by atoms with Gasteiger partial charge >= 0.3 is 0 Å². The number of carbonyl (C=O) groups excluding carboxylic acids is 4. The number of nitrogens with zero attached hydrogens (tertiary/aromatic N) is 2. The van der Waals surface area contributed by atoms with Gasteiger partial charge in [-0.1, -0.05) is 0 Å². The van der Waals surface area contributed by atoms with Crippen molar-refractivity contribution in [1.29, 1.82) is 0 Å². The summed E-state index contributed by atoms with van der Waals surface area (Å²) in [7, 11) is 3.17. The van der Waals surface area contributed by atoms with E-state index in [1.807, 2.05) is 32.0 Å². The van der Waals surface area contributed by atoms with Gasteiger partial charge in [-0.3, -0.25) is 19.2 Å². The first-order chi connectivity index (χ1) is 23.8. The summed E-state index contributed by atoms with van der Waals surface area (Å²) in [6.45, 7) is 6.35. The molecule has 2 aliphatic rings. The number of H-pyrrole nitrogens is 2. The quantitative estimate of drug-likeness (QED) is 0.0838. The number of hydrogen-bond donors (Lipinski definition) is 6. The Morgan fingerprint density at radius 2 is 1.18 bits per heavy atom. The van der Waals surface area contributed by atoms with Gasteiger partial charge in [0.2, 0.25) is 0 Å². The first kappa shape index (κ1) is 34.6. The number of amides is 2. The van der Waals surface area contributed by atoms with Crippen LogP contribution < -0.4 is 31.6 Å². The second-order valence-electron chi connectivity index (χ2n) is 11.3. The summed E-state index contributed by atoms with van der Waals surface area (Å²) in [6, 6.07) is 10.8. The van der Waals surface area contributed by atoms with Crippen LogP contribution in [0, 0.1) is 13.8 Å². The second-order valence-corrected chi connectivity index (χ2v) is 11.3. The molecule has 2 aliphatic heterocycles. The number of nitrogens with two attached hydrogens (primary N) is 2. The SMILES string of the molecule is CC(=O)C(C)=O.COc1cc[nH]c1/C=C1\C(=O)Nc2ccc(N)c(N)c21.COc1cc[nH]c1/C=C1\C(=O)Nc2ccc3nc(C)c(C)nc3c21. The number of hydrogen-bond acceptors (Lipinski definition) is 10. The third kappa shape index (κ3) is 6.80. The number of aryl methyl sites for hydroxylation is 2. The molecule has 0 aliphatic carbocycles. The van der Waals surface area contributed by atoms with Crippen LogP contribution in [0.2, 0.25) is 0 Å². The van der Waals surface area contributed by atoms with E-state index in [4.69, 9.17) is 20.9 Å². The van der Waals surface area contributed by atoms with Gasteiger partial charge in [0.1, 0.15) is 11.5 Å². The lowest BCUT2D eigenvalue weighted by atomic mass is 10.0. The lowest BCUT2D eigenvalue weighted by Gasteiger charge is -2.07. The summed E-state index contributed by atoms with van der Waals surface area (Å²) in [5.74, 6) is 0.205. The minimum Gasteiger partial charge on any atom is -0.495 e. The van der Waals surface area contributed by atoms with Gasteiger partial charge in [0.15, 0.2) is 11.6 Å². The molecule has 2 amide bonds. The zero-order valence-corrected chi connectivity index (χ0v) is 28.3. The summed E-state index contributed by atoms with van der Waals surface area (Å²) in [5, 5.41) is 5.66. The number of Topliss-reactive ketones (excluding diaryl/α,β-unsaturated/α-hetero) is 2. The molecule has 0 unspecified atom stereocenters. The van der Waals surface area contributed by atoms with Gasteiger partial charge in [-0.05, 0) is 62.4 Å². The maximum Gasteiger partial charge on any atom is 0.256 e. The van der Waals surface area contributed by atoms with E-state index in [-0.39, 0.29) is 23.4 Å². The molecule has 5 heterocycles. The van der Waals surface area contributed by atoms with E-state index in [9.17, 15) is 19.2 Å². The number of nitrogen functional groups attached to an aromatic ring is 2. The molecule has 8 N–H and O–H groups in total. The Labute approximate surface area is 287 Å². The van der Waals surface area contributed by atoms with Crippen LogP contribution in [0.4, 0.5) is 22.7 Å². The molecule has 0 radical (unpaired) electrons. The third-order valence-electron chi connectivity index (χ3n) is 8.04. The number of aromatic nitrogens is 4. The van der Waals surface area contributed by atoms with E-state index in [2.05, 4.69) is 30.6 Å². The van der Waals surface area contributed by atoms with Gasteiger partial charge in [0.25, 0.3) is 11.8 Å². The van der Waals surface area contributed by atoms with Crippen LogP contribution in [0.1, 0.15) is 47.8 Å². The molecule has 0 fully saturated rings. The zero-order chi connectivity index (χ0) is 36.3. The molecule has 0 atom stereocenters. The van der Waals surface area contributed by atoms with Crippen molar-refractivity contribution in [1.82, 2.24) is 19.9 Å². The summed E-state index contributed by atoms with van der Waals surface area (Å²) >= 11 is 0. The molecular weight excluding hydrogens is 640 g/mol. The van der Waals surface area contributed by atoms with Crippen LogP contribution in [-0.4, -0.2) is 57.5 Å². The first-order valence-corrected chi connectivity index (χ1v) is 15.3. The van der Waals surface area contributed by atoms with Crippen LogP contribution in [-0.2, 0) is 19.2 Å². The number of methoxy groups -OCH3 is 2. The lowest BCUT2D eigenvalue weighted by Crippen LogP contribution is -2.03. The monoisotopic (exact) mass is 676 g/mol. The van der Waals surface area contributed by atoms with Crippen LogP contribution in [0.3, 0.4) is 0 Å². The predicted octanol–water partition coefficient (Wildman–Crippen LogP) is 4.92. The first-order valence-electron chi connectivity index (χ1n) is 15.3. The summed E-state index contributed by atoms with van der Waals surface area (Å²) in [6.07, 6.45) is 7.00. The van der Waals surface area contributed by atoms with E-state index in [0.29, 0.717) is 51.0 Å². The molecule has 0 spiro atoms. The number of nitrogens with one attached hydrogen (secondary N) is 4. The van der Waals surface area contributed by atoms with Crippen molar-refractivity contribution in [2.45, 2.75) is 27.7 Å². The number of rotatable bonds is 5. The molecule has 0 saturated carbocycles. The zero-order valence-electron chi connectivity index (χ0n) is 28.3. The molecule has 0 bridgehead atoms. The Balaban J connectivity index is 0.000000170. The van der Waals surface area contributed by atoms with E-state index in [0.717, 1.165) is 39.4 Å². The van der Waals surface area contributed by atoms with Crippen molar-refractivity contribution in [2.24, 2.45) is 0 Å². The molecule has 14 heteroatoms. The number of benzene rings is 2. The Morgan fingerprint density at radius 1 is 0.700 bits per heavy atom. The topological polar surface area (TPSA) is 220 Å². The van der Waals surface area contributed by atoms with Crippen molar-refractivity contribution in [3.05, 3.63) is 82.7 Å². The molecule has 5 aromatic rings. The standard InChI is InChI=1S/C18H16N4O2.C14H14N4O2.C4H6O2/c1-9-10(2)21-17-13(20-9)5-4-12-16(17)11(18(23)22-12)8-14-15(24-3)6-7-19-14;1-20-11-4-5-17-10(11)6-7-12-9(18-14(7)19)3-2-8(15)13(12)16;1-3(5)4(2)6/h4-8,19H,1-3H3,(H,22,23);2-6,17H,15-16H2,1H3,(H,18,19);1-2H3/b11-8-;7-6-;. The smallest absolute Gasteiger partial charge is 0.256 e. The maximum atomic E-state index is 12.5. The second kappa shape index (κ2) is 14.2. The highest BCUT2D eigenvalue weighted by molar-refractivity contribution is 6.38. The third-order valence-corrected chi connectivity index (χ3v) is 8.04. The number of ether oxygens (including phenoxy) is 2. The fourth-order valence-corrected chi connectivity index (χ4v) is 5.19. The van der Waals surface area contributed by atoms with Crippen molar-refractivity contribution < 1.29 is 28.7 Å². The van der Waals surface area contributed by atoms with E-state index in [1.165, 1.54) is 13.8 Å². The molecule has 7 rings (SSSR count). The van der Waals surface area contributed by atoms with Gasteiger partial charge in [-0.15, -0.1) is 0 Å². The summed E-state index contributed by atoms with van der Waals surface area (Å²) < 4.78 is 10.5. The predicted molar refractivity (Wildman–Crippen MR) is 193 cm³/mol. The number of anilines is 4. The van der Waals surface area contributed by atoms with Crippen LogP contribution >= 0.6 is 0 Å². The van der Waals surface area contributed by atoms with Gasteiger partial charge in [-0.25, -0.2) is 9.97 Å². The van der Waals surface area contributed by atoms with Crippen LogP contribution in [0.15, 0.2) is 48.8 Å². The molecule has 14 nitrogen and oxygen atoms in total. The fraction of sp³-hybridized carbons (Fsp3) is 0.167. The number of carbonyl (C=O) groups is 4. The minimum atomic E-state index is -0.380. The average Bonchev–Trinajstić information content (AvgIpc) is 3.87. The lowest BCUT2D eigenvalue weighted by molar-refractivity contribution is -0.134. The normalized spacial score (nSPS) is 14.2. The summed E-state index contributed by atoms with van der Waals surface area (Å²) in [4.78, 5) is 59.5. The highest BCUT2D eigenvalue weighted by Crippen LogP contribution is 2.41. The molecule has 3 aromatic heterocycles. The Kier molecular flexibility index (Phi) is 9.83. The number of aromatic amines is 2. The van der Waals surface area contributed by atoms with E-state index in [1.54, 1.807) is 57.0 Å². The van der Waals surface area contributed by atoms with E-state index >= 15 is 0 Å². The maximum absolute atomic E-state index is 12.5. The Bertz CT molecular complexity index is 2230. The average molecular weight is 677 g/mol. The highest BCUT2D eigenvalue weighted by Gasteiger charge is 2.29. The molecule has 2 aromatic carbocycles. The van der Waals surface area contributed by atoms with Crippen LogP contribution in [0.25, 0.3) is 34.3 Å². The van der Waals surface area contributed by atoms with Crippen LogP contribution in [0.5, 0.6) is 11.5 Å². The largest absolute Gasteiger partial charge is 0.495 e. The Hall–Kier alpha value is -6.70. The van der Waals surface area contributed by atoms with E-state index < -0.39 is 0 Å². The number of fused-ring (bicyclic) bond motifs is 4. The highest BCUT2D eigenvalue weighted by atomic mass is 16.5. The van der Waals surface area contributed by atoms with Gasteiger partial charge in [-0.2, -0.15) is 0 Å².